The predicted octanol–water partition coefficient (Wildman–Crippen LogP) is 0.931. The van der Waals surface area contributed by atoms with Crippen LogP contribution in [-0.4, -0.2) is 51.6 Å². The summed E-state index contributed by atoms with van der Waals surface area (Å²) in [6.07, 6.45) is 3.64. The Balaban J connectivity index is 2.29. The van der Waals surface area contributed by atoms with Crippen LogP contribution in [0.3, 0.4) is 0 Å². The van der Waals surface area contributed by atoms with Crippen LogP contribution in [-0.2, 0) is 6.54 Å². The fourth-order valence-corrected chi connectivity index (χ4v) is 1.84. The Bertz CT molecular complexity index is 384. The summed E-state index contributed by atoms with van der Waals surface area (Å²) < 4.78 is 1.84. The molecule has 0 radical (unpaired) electrons. The summed E-state index contributed by atoms with van der Waals surface area (Å²) in [5, 5.41) is 16.6. The number of aliphatic hydroxyl groups is 1. The number of aromatic nitrogens is 2. The van der Waals surface area contributed by atoms with Crippen molar-refractivity contribution in [2.45, 2.75) is 32.9 Å². The number of nitrogens with one attached hydrogen (secondary N) is 1. The van der Waals surface area contributed by atoms with E-state index in [1.54, 1.807) is 27.1 Å². The van der Waals surface area contributed by atoms with Gasteiger partial charge in [0.05, 0.1) is 12.1 Å². The van der Waals surface area contributed by atoms with E-state index in [0.717, 1.165) is 6.54 Å². The molecule has 0 bridgehead atoms. The Morgan fingerprint density at radius 3 is 2.79 bits per heavy atom. The average Bonchev–Trinajstić information content (AvgIpc) is 2.76. The molecule has 1 unspecified atom stereocenters. The zero-order valence-corrected chi connectivity index (χ0v) is 12.1. The van der Waals surface area contributed by atoms with Gasteiger partial charge in [0.1, 0.15) is 0 Å². The molecule has 1 rings (SSSR count). The first-order valence-corrected chi connectivity index (χ1v) is 6.47. The van der Waals surface area contributed by atoms with Gasteiger partial charge in [0.15, 0.2) is 0 Å². The summed E-state index contributed by atoms with van der Waals surface area (Å²) in [4.78, 5) is 13.3. The Labute approximate surface area is 114 Å². The van der Waals surface area contributed by atoms with Crippen molar-refractivity contribution in [2.75, 3.05) is 20.1 Å². The number of amides is 2. The molecule has 0 fully saturated rings. The lowest BCUT2D eigenvalue weighted by atomic mass is 10.1. The number of hydrogen-bond acceptors (Lipinski definition) is 3. The average molecular weight is 268 g/mol. The van der Waals surface area contributed by atoms with Crippen LogP contribution in [0.5, 0.6) is 0 Å². The highest BCUT2D eigenvalue weighted by molar-refractivity contribution is 5.73. The number of hydrogen-bond donors (Lipinski definition) is 2. The zero-order valence-electron chi connectivity index (χ0n) is 12.1. The van der Waals surface area contributed by atoms with Crippen molar-refractivity contribution in [1.82, 2.24) is 20.0 Å². The van der Waals surface area contributed by atoms with Gasteiger partial charge >= 0.3 is 6.03 Å². The lowest BCUT2D eigenvalue weighted by Crippen LogP contribution is -2.45. The van der Waals surface area contributed by atoms with Crippen LogP contribution >= 0.6 is 0 Å². The molecule has 0 aliphatic carbocycles. The fraction of sp³-hybridized carbons (Fsp3) is 0.692. The molecule has 0 saturated carbocycles. The third-order valence-electron chi connectivity index (χ3n) is 2.63. The number of nitrogens with zero attached hydrogens (tertiary/aromatic N) is 3. The van der Waals surface area contributed by atoms with E-state index in [2.05, 4.69) is 17.3 Å². The second-order valence-corrected chi connectivity index (χ2v) is 5.69. The van der Waals surface area contributed by atoms with E-state index in [4.69, 9.17) is 0 Å². The summed E-state index contributed by atoms with van der Waals surface area (Å²) in [6.45, 7) is 7.05. The summed E-state index contributed by atoms with van der Waals surface area (Å²) in [5.74, 6) is 0.291. The van der Waals surface area contributed by atoms with E-state index in [1.165, 1.54) is 4.90 Å². The van der Waals surface area contributed by atoms with Gasteiger partial charge in [0, 0.05) is 32.5 Å². The summed E-state index contributed by atoms with van der Waals surface area (Å²) in [7, 11) is 1.67. The van der Waals surface area contributed by atoms with Crippen LogP contribution in [0.1, 0.15) is 20.8 Å². The smallest absolute Gasteiger partial charge is 0.317 e. The van der Waals surface area contributed by atoms with Gasteiger partial charge in [0.2, 0.25) is 0 Å². The van der Waals surface area contributed by atoms with Crippen molar-refractivity contribution in [2.24, 2.45) is 5.92 Å². The third-order valence-corrected chi connectivity index (χ3v) is 2.63. The van der Waals surface area contributed by atoms with Crippen LogP contribution in [0.15, 0.2) is 18.5 Å². The molecule has 0 aromatic carbocycles. The molecule has 19 heavy (non-hydrogen) atoms. The maximum Gasteiger partial charge on any atom is 0.317 e. The van der Waals surface area contributed by atoms with Crippen LogP contribution in [0, 0.1) is 5.92 Å². The van der Waals surface area contributed by atoms with Crippen LogP contribution in [0.25, 0.3) is 0 Å². The van der Waals surface area contributed by atoms with E-state index in [9.17, 15) is 9.90 Å². The maximum absolute atomic E-state index is 11.8. The third kappa shape index (κ3) is 6.24. The lowest BCUT2D eigenvalue weighted by molar-refractivity contribution is 0.0531. The van der Waals surface area contributed by atoms with Crippen molar-refractivity contribution >= 4 is 6.03 Å². The molecule has 108 valence electrons. The minimum atomic E-state index is -0.882. The van der Waals surface area contributed by atoms with Crippen molar-refractivity contribution in [3.8, 4) is 0 Å². The lowest BCUT2D eigenvalue weighted by Gasteiger charge is -2.26. The van der Waals surface area contributed by atoms with E-state index < -0.39 is 5.60 Å². The van der Waals surface area contributed by atoms with Crippen LogP contribution < -0.4 is 5.32 Å². The van der Waals surface area contributed by atoms with Gasteiger partial charge in [-0.05, 0) is 25.8 Å². The minimum absolute atomic E-state index is 0.172. The van der Waals surface area contributed by atoms with Crippen LogP contribution in [0.2, 0.25) is 0 Å². The van der Waals surface area contributed by atoms with E-state index in [0.29, 0.717) is 19.0 Å². The summed E-state index contributed by atoms with van der Waals surface area (Å²) in [6, 6.07) is 1.71. The van der Waals surface area contributed by atoms with Gasteiger partial charge in [-0.25, -0.2) is 4.79 Å². The molecule has 0 spiro atoms. The predicted molar refractivity (Wildman–Crippen MR) is 73.7 cm³/mol. The standard InChI is InChI=1S/C13H24N4O2/c1-11(9-17-7-5-6-15-17)8-14-12(18)16(4)10-13(2,3)19/h5-7,11,19H,8-10H2,1-4H3,(H,14,18). The number of rotatable bonds is 6. The second-order valence-electron chi connectivity index (χ2n) is 5.69. The zero-order chi connectivity index (χ0) is 14.5. The normalized spacial score (nSPS) is 13.1. The molecule has 2 N–H and O–H groups in total. The molecular formula is C13H24N4O2. The van der Waals surface area contributed by atoms with Crippen molar-refractivity contribution in [3.63, 3.8) is 0 Å². The molecule has 0 aliphatic heterocycles. The molecular weight excluding hydrogens is 244 g/mol. The number of urea groups is 1. The van der Waals surface area contributed by atoms with Crippen molar-refractivity contribution in [1.29, 1.82) is 0 Å². The molecule has 2 amide bonds. The largest absolute Gasteiger partial charge is 0.389 e. The molecule has 1 atom stereocenters. The molecule has 1 aromatic rings. The minimum Gasteiger partial charge on any atom is -0.389 e. The topological polar surface area (TPSA) is 70.4 Å². The highest BCUT2D eigenvalue weighted by atomic mass is 16.3. The van der Waals surface area contributed by atoms with Crippen molar-refractivity contribution < 1.29 is 9.90 Å². The highest BCUT2D eigenvalue weighted by Crippen LogP contribution is 2.03. The van der Waals surface area contributed by atoms with Gasteiger partial charge in [-0.3, -0.25) is 4.68 Å². The molecule has 1 heterocycles. The van der Waals surface area contributed by atoms with Gasteiger partial charge < -0.3 is 15.3 Å². The molecule has 0 saturated heterocycles. The number of likely N-dealkylation sites (N-methyl/N-ethyl adjacent to an activating group) is 1. The molecule has 1 aromatic heterocycles. The highest BCUT2D eigenvalue weighted by Gasteiger charge is 2.19. The molecule has 6 nitrogen and oxygen atoms in total. The van der Waals surface area contributed by atoms with Gasteiger partial charge in [-0.15, -0.1) is 0 Å². The first kappa shape index (κ1) is 15.5. The Morgan fingerprint density at radius 2 is 2.26 bits per heavy atom. The van der Waals surface area contributed by atoms with E-state index >= 15 is 0 Å². The Morgan fingerprint density at radius 1 is 1.58 bits per heavy atom. The Kier molecular flexibility index (Phi) is 5.35. The van der Waals surface area contributed by atoms with E-state index in [1.807, 2.05) is 16.9 Å². The number of carbonyl (C=O) groups is 1. The quantitative estimate of drug-likeness (QED) is 0.806. The summed E-state index contributed by atoms with van der Waals surface area (Å²) in [5.41, 5.74) is -0.882. The van der Waals surface area contributed by atoms with Gasteiger partial charge in [0.25, 0.3) is 0 Å². The van der Waals surface area contributed by atoms with Gasteiger partial charge in [-0.2, -0.15) is 5.10 Å². The van der Waals surface area contributed by atoms with E-state index in [-0.39, 0.29) is 6.03 Å². The summed E-state index contributed by atoms with van der Waals surface area (Å²) >= 11 is 0. The first-order chi connectivity index (χ1) is 8.78. The fourth-order valence-electron chi connectivity index (χ4n) is 1.84. The molecule has 0 aliphatic rings. The Hall–Kier alpha value is -1.56. The maximum atomic E-state index is 11.8. The second kappa shape index (κ2) is 6.56. The monoisotopic (exact) mass is 268 g/mol. The SMILES string of the molecule is CC(CNC(=O)N(C)CC(C)(C)O)Cn1cccn1. The van der Waals surface area contributed by atoms with Crippen LogP contribution in [0.4, 0.5) is 4.79 Å². The van der Waals surface area contributed by atoms with Gasteiger partial charge in [-0.1, -0.05) is 6.92 Å². The van der Waals surface area contributed by atoms with Crippen molar-refractivity contribution in [3.05, 3.63) is 18.5 Å². The molecule has 6 heteroatoms. The first-order valence-electron chi connectivity index (χ1n) is 6.47. The number of carbonyl (C=O) groups excluding carboxylic acids is 1.